The summed E-state index contributed by atoms with van der Waals surface area (Å²) >= 11 is 4.92. The molecule has 5 aromatic rings. The molecular weight excluding hydrogens is 680 g/mol. The molecule has 2 heterocycles. The first-order valence-corrected chi connectivity index (χ1v) is 16.8. The van der Waals surface area contributed by atoms with E-state index in [0.29, 0.717) is 55.5 Å². The molecule has 0 radical (unpaired) electrons. The second-order valence-corrected chi connectivity index (χ2v) is 12.6. The molecule has 8 nitrogen and oxygen atoms in total. The van der Waals surface area contributed by atoms with E-state index in [4.69, 9.17) is 18.9 Å². The van der Waals surface area contributed by atoms with Crippen LogP contribution in [0, 0.1) is 0 Å². The van der Waals surface area contributed by atoms with Crippen molar-refractivity contribution in [1.82, 2.24) is 4.57 Å². The van der Waals surface area contributed by atoms with Crippen LogP contribution < -0.4 is 29.1 Å². The number of fused-ring (bicyclic) bond motifs is 2. The predicted octanol–water partition coefficient (Wildman–Crippen LogP) is 6.70. The molecule has 1 aliphatic rings. The van der Waals surface area contributed by atoms with Gasteiger partial charge in [-0.2, -0.15) is 0 Å². The number of aromatic nitrogens is 1. The maximum Gasteiger partial charge on any atom is 0.338 e. The largest absolute Gasteiger partial charge is 0.494 e. The van der Waals surface area contributed by atoms with E-state index < -0.39 is 12.0 Å². The molecule has 0 saturated heterocycles. The number of methoxy groups -OCH3 is 1. The Labute approximate surface area is 284 Å². The van der Waals surface area contributed by atoms with Gasteiger partial charge in [-0.05, 0) is 94.5 Å². The van der Waals surface area contributed by atoms with Crippen LogP contribution in [-0.4, -0.2) is 30.9 Å². The van der Waals surface area contributed by atoms with Gasteiger partial charge in [-0.1, -0.05) is 65.9 Å². The van der Waals surface area contributed by atoms with Crippen LogP contribution >= 0.6 is 27.3 Å². The van der Waals surface area contributed by atoms with Crippen molar-refractivity contribution in [3.8, 4) is 17.2 Å². The maximum absolute atomic E-state index is 14.1. The molecule has 1 aliphatic heterocycles. The van der Waals surface area contributed by atoms with Gasteiger partial charge in [-0.25, -0.2) is 9.79 Å². The van der Waals surface area contributed by atoms with E-state index in [1.807, 2.05) is 67.6 Å². The minimum absolute atomic E-state index is 0.203. The number of hydrogen-bond donors (Lipinski definition) is 0. The molecule has 0 aliphatic carbocycles. The van der Waals surface area contributed by atoms with Crippen molar-refractivity contribution in [3.63, 3.8) is 0 Å². The molecule has 47 heavy (non-hydrogen) atoms. The minimum atomic E-state index is -0.714. The summed E-state index contributed by atoms with van der Waals surface area (Å²) in [5.41, 5.74) is 3.10. The summed E-state index contributed by atoms with van der Waals surface area (Å²) in [6.45, 7) is 6.51. The lowest BCUT2D eigenvalue weighted by atomic mass is 9.96. The predicted molar refractivity (Wildman–Crippen MR) is 187 cm³/mol. The zero-order chi connectivity index (χ0) is 33.1. The van der Waals surface area contributed by atoms with E-state index in [-0.39, 0.29) is 12.2 Å². The number of nitrogens with zero attached hydrogens (tertiary/aromatic N) is 2. The Hall–Kier alpha value is -4.67. The second-order valence-electron chi connectivity index (χ2n) is 10.8. The molecule has 0 saturated carbocycles. The van der Waals surface area contributed by atoms with E-state index in [1.165, 1.54) is 11.3 Å². The molecule has 0 bridgehead atoms. The highest BCUT2D eigenvalue weighted by Gasteiger charge is 2.33. The lowest BCUT2D eigenvalue weighted by Gasteiger charge is -2.24. The van der Waals surface area contributed by atoms with Gasteiger partial charge in [0.25, 0.3) is 5.56 Å². The molecule has 1 atom stereocenters. The number of benzene rings is 4. The molecule has 240 valence electrons. The Morgan fingerprint density at radius 3 is 2.51 bits per heavy atom. The lowest BCUT2D eigenvalue weighted by molar-refractivity contribution is -0.139. The number of hydrogen-bond acceptors (Lipinski definition) is 8. The number of carbonyl (C=O) groups is 1. The van der Waals surface area contributed by atoms with Crippen LogP contribution in [0.4, 0.5) is 0 Å². The number of esters is 1. The monoisotopic (exact) mass is 712 g/mol. The second kappa shape index (κ2) is 14.0. The van der Waals surface area contributed by atoms with Crippen molar-refractivity contribution in [2.24, 2.45) is 4.99 Å². The summed E-state index contributed by atoms with van der Waals surface area (Å²) in [5, 5.41) is 2.27. The quantitative estimate of drug-likeness (QED) is 0.150. The van der Waals surface area contributed by atoms with Gasteiger partial charge in [0.1, 0.15) is 12.4 Å². The SMILES string of the molecule is CCOC(=O)C1=C(C)N=c2s/c(=C\c3cc(Br)c(OCc4cccc5ccccc45)c(OC)c3)c(=O)n2[C@H]1c1ccc(OCC)cc1. The highest BCUT2D eigenvalue weighted by Crippen LogP contribution is 2.38. The van der Waals surface area contributed by atoms with E-state index in [9.17, 15) is 9.59 Å². The lowest BCUT2D eigenvalue weighted by Crippen LogP contribution is -2.39. The zero-order valence-corrected chi connectivity index (χ0v) is 28.8. The molecule has 4 aromatic carbocycles. The van der Waals surface area contributed by atoms with Crippen molar-refractivity contribution in [3.05, 3.63) is 131 Å². The number of ether oxygens (including phenoxy) is 4. The number of halogens is 1. The summed E-state index contributed by atoms with van der Waals surface area (Å²) in [6.07, 6.45) is 1.80. The highest BCUT2D eigenvalue weighted by molar-refractivity contribution is 9.10. The first kappa shape index (κ1) is 32.3. The van der Waals surface area contributed by atoms with Gasteiger partial charge in [0.2, 0.25) is 0 Å². The number of thiazole rings is 1. The van der Waals surface area contributed by atoms with E-state index in [1.54, 1.807) is 31.6 Å². The molecular formula is C37H33BrN2O6S. The van der Waals surface area contributed by atoms with Crippen LogP contribution in [-0.2, 0) is 16.1 Å². The average molecular weight is 714 g/mol. The fourth-order valence-electron chi connectivity index (χ4n) is 5.70. The van der Waals surface area contributed by atoms with Gasteiger partial charge in [0.05, 0.1) is 46.6 Å². The third-order valence-corrected chi connectivity index (χ3v) is 9.40. The number of rotatable bonds is 10. The topological polar surface area (TPSA) is 88.4 Å². The Morgan fingerprint density at radius 1 is 1.00 bits per heavy atom. The van der Waals surface area contributed by atoms with Crippen LogP contribution in [0.5, 0.6) is 17.2 Å². The van der Waals surface area contributed by atoms with Crippen molar-refractivity contribution >= 4 is 50.1 Å². The van der Waals surface area contributed by atoms with Crippen molar-refractivity contribution in [2.75, 3.05) is 20.3 Å². The maximum atomic E-state index is 14.1. The van der Waals surface area contributed by atoms with Gasteiger partial charge in [0, 0.05) is 0 Å². The van der Waals surface area contributed by atoms with Crippen LogP contribution in [0.3, 0.4) is 0 Å². The summed E-state index contributed by atoms with van der Waals surface area (Å²) in [7, 11) is 1.58. The molecule has 0 spiro atoms. The Balaban J connectivity index is 1.38. The average Bonchev–Trinajstić information content (AvgIpc) is 3.37. The first-order valence-electron chi connectivity index (χ1n) is 15.2. The normalized spacial score (nSPS) is 14.5. The fraction of sp³-hybridized carbons (Fsp3) is 0.216. The molecule has 0 N–H and O–H groups in total. The van der Waals surface area contributed by atoms with Crippen molar-refractivity contribution in [2.45, 2.75) is 33.4 Å². The third-order valence-electron chi connectivity index (χ3n) is 7.83. The molecule has 6 rings (SSSR count). The molecule has 1 aromatic heterocycles. The van der Waals surface area contributed by atoms with E-state index in [2.05, 4.69) is 39.1 Å². The fourth-order valence-corrected chi connectivity index (χ4v) is 7.32. The van der Waals surface area contributed by atoms with Gasteiger partial charge < -0.3 is 18.9 Å². The van der Waals surface area contributed by atoms with Gasteiger partial charge in [-0.15, -0.1) is 0 Å². The summed E-state index contributed by atoms with van der Waals surface area (Å²) in [4.78, 5) is 32.5. The number of carbonyl (C=O) groups excluding carboxylic acids is 1. The summed E-state index contributed by atoms with van der Waals surface area (Å²) in [6, 6.07) is 24.7. The third kappa shape index (κ3) is 6.48. The van der Waals surface area contributed by atoms with E-state index >= 15 is 0 Å². The van der Waals surface area contributed by atoms with Crippen LogP contribution in [0.1, 0.15) is 43.5 Å². The van der Waals surface area contributed by atoms with Crippen molar-refractivity contribution < 1.29 is 23.7 Å². The summed E-state index contributed by atoms with van der Waals surface area (Å²) in [5.74, 6) is 1.27. The van der Waals surface area contributed by atoms with Gasteiger partial charge in [-0.3, -0.25) is 9.36 Å². The number of allylic oxidation sites excluding steroid dienone is 1. The minimum Gasteiger partial charge on any atom is -0.494 e. The van der Waals surface area contributed by atoms with Crippen LogP contribution in [0.15, 0.2) is 104 Å². The first-order chi connectivity index (χ1) is 22.8. The van der Waals surface area contributed by atoms with Crippen LogP contribution in [0.2, 0.25) is 0 Å². The Morgan fingerprint density at radius 2 is 1.77 bits per heavy atom. The standard InChI is InChI=1S/C37H33BrN2O6S/c1-5-44-27-16-14-25(15-17-27)33-32(36(42)45-6-2)22(3)39-37-40(33)35(41)31(47-37)20-23-18-29(38)34(30(19-23)43-4)46-21-26-12-9-11-24-10-7-8-13-28(24)26/h7-20,33H,5-6,21H2,1-4H3/b31-20-/t33-/m0/s1. The Bertz CT molecular complexity index is 2180. The Kier molecular flexibility index (Phi) is 9.60. The highest BCUT2D eigenvalue weighted by atomic mass is 79.9. The summed E-state index contributed by atoms with van der Waals surface area (Å²) < 4.78 is 25.7. The van der Waals surface area contributed by atoms with Crippen LogP contribution in [0.25, 0.3) is 16.8 Å². The van der Waals surface area contributed by atoms with Gasteiger partial charge >= 0.3 is 5.97 Å². The molecule has 10 heteroatoms. The molecule has 0 amide bonds. The van der Waals surface area contributed by atoms with E-state index in [0.717, 1.165) is 27.5 Å². The van der Waals surface area contributed by atoms with Crippen molar-refractivity contribution in [1.29, 1.82) is 0 Å². The molecule has 0 fully saturated rings. The molecule has 0 unspecified atom stereocenters. The zero-order valence-electron chi connectivity index (χ0n) is 26.4. The smallest absolute Gasteiger partial charge is 0.338 e. The van der Waals surface area contributed by atoms with Gasteiger partial charge in [0.15, 0.2) is 16.3 Å².